The molecule has 1 aliphatic heterocycles. The highest BCUT2D eigenvalue weighted by molar-refractivity contribution is 5.87. The Morgan fingerprint density at radius 2 is 1.86 bits per heavy atom. The molecule has 1 aromatic heterocycles. The topological polar surface area (TPSA) is 76.9 Å². The molecule has 0 radical (unpaired) electrons. The molecule has 2 N–H and O–H groups in total. The average molecular weight is 575 g/mol. The second-order valence-electron chi connectivity index (χ2n) is 13.2. The van der Waals surface area contributed by atoms with Crippen molar-refractivity contribution >= 4 is 23.0 Å². The van der Waals surface area contributed by atoms with Gasteiger partial charge in [0.15, 0.2) is 11.6 Å². The summed E-state index contributed by atoms with van der Waals surface area (Å²) < 4.78 is 15.3. The minimum atomic E-state index is -0.485. The fraction of sp³-hybridized carbons (Fsp3) is 0.361. The van der Waals surface area contributed by atoms with E-state index in [-0.39, 0.29) is 34.8 Å². The van der Waals surface area contributed by atoms with Crippen LogP contribution in [0.3, 0.4) is 0 Å². The summed E-state index contributed by atoms with van der Waals surface area (Å²) in [6.07, 6.45) is 9.82. The predicted octanol–water partition coefficient (Wildman–Crippen LogP) is 7.80. The van der Waals surface area contributed by atoms with E-state index in [0.717, 1.165) is 18.4 Å². The molecule has 3 aliphatic rings. The van der Waals surface area contributed by atoms with Crippen LogP contribution in [-0.2, 0) is 0 Å². The molecule has 6 nitrogen and oxygen atoms in total. The molecule has 2 aliphatic carbocycles. The van der Waals surface area contributed by atoms with Crippen LogP contribution >= 0.6 is 0 Å². The summed E-state index contributed by atoms with van der Waals surface area (Å²) in [5.41, 5.74) is 7.15. The summed E-state index contributed by atoms with van der Waals surface area (Å²) in [6.45, 7) is 11.0. The molecule has 1 fully saturated rings. The smallest absolute Gasteiger partial charge is 0.229 e. The summed E-state index contributed by atoms with van der Waals surface area (Å²) >= 11 is 0. The molecule has 43 heavy (non-hydrogen) atoms. The van der Waals surface area contributed by atoms with Gasteiger partial charge < -0.3 is 10.6 Å². The van der Waals surface area contributed by atoms with Crippen LogP contribution in [0.4, 0.5) is 21.8 Å². The zero-order valence-corrected chi connectivity index (χ0v) is 25.7. The van der Waals surface area contributed by atoms with Crippen molar-refractivity contribution in [3.63, 3.8) is 0 Å². The fourth-order valence-electron chi connectivity index (χ4n) is 7.16. The molecular formula is C36H39FN6. The summed E-state index contributed by atoms with van der Waals surface area (Å²) in [4.78, 5) is 11.3. The van der Waals surface area contributed by atoms with Crippen molar-refractivity contribution in [3.8, 4) is 6.07 Å². The van der Waals surface area contributed by atoms with Crippen molar-refractivity contribution < 1.29 is 4.39 Å². The van der Waals surface area contributed by atoms with Crippen molar-refractivity contribution in [2.45, 2.75) is 64.6 Å². The number of aryl methyl sites for hydroxylation is 1. The van der Waals surface area contributed by atoms with Gasteiger partial charge >= 0.3 is 0 Å². The molecule has 3 unspecified atom stereocenters. The van der Waals surface area contributed by atoms with Crippen molar-refractivity contribution in [1.82, 2.24) is 14.9 Å². The number of hydrogen-bond donors (Lipinski definition) is 2. The van der Waals surface area contributed by atoms with Gasteiger partial charge in [0.25, 0.3) is 0 Å². The van der Waals surface area contributed by atoms with E-state index in [0.29, 0.717) is 17.2 Å². The van der Waals surface area contributed by atoms with E-state index in [2.05, 4.69) is 115 Å². The van der Waals surface area contributed by atoms with Gasteiger partial charge in [-0.25, -0.2) is 9.37 Å². The number of hydrogen-bond acceptors (Lipinski definition) is 6. The Morgan fingerprint density at radius 1 is 1.09 bits per heavy atom. The van der Waals surface area contributed by atoms with Crippen molar-refractivity contribution in [1.29, 1.82) is 5.26 Å². The van der Waals surface area contributed by atoms with Gasteiger partial charge in [-0.15, -0.1) is 0 Å². The molecule has 0 saturated carbocycles. The van der Waals surface area contributed by atoms with Gasteiger partial charge in [0.2, 0.25) is 5.95 Å². The van der Waals surface area contributed by atoms with Gasteiger partial charge in [-0.05, 0) is 100 Å². The second kappa shape index (κ2) is 10.8. The average Bonchev–Trinajstić information content (AvgIpc) is 2.99. The minimum Gasteiger partial charge on any atom is -0.364 e. The zero-order chi connectivity index (χ0) is 30.5. The number of piperidine rings is 1. The van der Waals surface area contributed by atoms with Gasteiger partial charge in [-0.2, -0.15) is 10.2 Å². The van der Waals surface area contributed by atoms with Gasteiger partial charge in [0, 0.05) is 28.7 Å². The normalized spacial score (nSPS) is 23.7. The summed E-state index contributed by atoms with van der Waals surface area (Å²) in [7, 11) is 2.21. The number of fused-ring (bicyclic) bond motifs is 2. The number of allylic oxidation sites excluding steroid dienone is 6. The summed E-state index contributed by atoms with van der Waals surface area (Å²) in [5, 5.41) is 16.1. The molecule has 2 aromatic carbocycles. The first-order valence-corrected chi connectivity index (χ1v) is 15.0. The quantitative estimate of drug-likeness (QED) is 0.300. The van der Waals surface area contributed by atoms with Crippen LogP contribution in [0.15, 0.2) is 84.1 Å². The van der Waals surface area contributed by atoms with Gasteiger partial charge in [-0.1, -0.05) is 54.6 Å². The van der Waals surface area contributed by atoms with E-state index < -0.39 is 5.82 Å². The molecule has 0 spiro atoms. The lowest BCUT2D eigenvalue weighted by atomic mass is 9.61. The lowest BCUT2D eigenvalue weighted by Crippen LogP contribution is -2.66. The van der Waals surface area contributed by atoms with Gasteiger partial charge in [-0.3, -0.25) is 4.90 Å². The third-order valence-corrected chi connectivity index (χ3v) is 9.99. The standard InChI is InChI=1S/C36H39FN6/c1-22-12-14-26(16-25(22)20-38)40-34-39-21-31(37)33(42-34)41-32-19-35(2,3)43(6)36(4,5)30(32)18-28-24-13-15-27(29(28)17-24)23-10-8-7-9-11-23/h7-17,21,28,30,32H,18-19H2,1-6H3,(H2,39,40,41,42). The first-order valence-electron chi connectivity index (χ1n) is 15.0. The molecule has 220 valence electrons. The number of nitriles is 1. The number of benzene rings is 2. The monoisotopic (exact) mass is 574 g/mol. The Kier molecular flexibility index (Phi) is 7.22. The Hall–Kier alpha value is -4.28. The van der Waals surface area contributed by atoms with Crippen molar-refractivity contribution in [2.24, 2.45) is 11.8 Å². The highest BCUT2D eigenvalue weighted by Crippen LogP contribution is 2.52. The molecular weight excluding hydrogens is 535 g/mol. The maximum Gasteiger partial charge on any atom is 0.229 e. The first kappa shape index (κ1) is 28.8. The third kappa shape index (κ3) is 5.25. The van der Waals surface area contributed by atoms with E-state index in [1.165, 1.54) is 28.5 Å². The fourth-order valence-corrected chi connectivity index (χ4v) is 7.16. The van der Waals surface area contributed by atoms with Gasteiger partial charge in [0.1, 0.15) is 0 Å². The molecule has 0 amide bonds. The van der Waals surface area contributed by atoms with E-state index in [1.807, 2.05) is 19.1 Å². The van der Waals surface area contributed by atoms with E-state index >= 15 is 4.39 Å². The highest BCUT2D eigenvalue weighted by atomic mass is 19.1. The number of likely N-dealkylation sites (tertiary alicyclic amines) is 1. The Balaban J connectivity index is 1.28. The summed E-state index contributed by atoms with van der Waals surface area (Å²) in [5.74, 6) is 0.528. The van der Waals surface area contributed by atoms with Crippen molar-refractivity contribution in [2.75, 3.05) is 17.7 Å². The molecule has 6 rings (SSSR count). The van der Waals surface area contributed by atoms with Crippen LogP contribution < -0.4 is 10.6 Å². The number of anilines is 3. The van der Waals surface area contributed by atoms with E-state index in [4.69, 9.17) is 0 Å². The number of halogens is 1. The first-order chi connectivity index (χ1) is 20.5. The number of nitrogens with zero attached hydrogens (tertiary/aromatic N) is 4. The molecule has 1 saturated heterocycles. The third-order valence-electron chi connectivity index (χ3n) is 9.99. The van der Waals surface area contributed by atoms with E-state index in [9.17, 15) is 5.26 Å². The summed E-state index contributed by atoms with van der Waals surface area (Å²) in [6, 6.07) is 18.3. The number of nitrogens with one attached hydrogen (secondary N) is 2. The highest BCUT2D eigenvalue weighted by Gasteiger charge is 2.51. The Bertz CT molecular complexity index is 1690. The molecule has 2 bridgehead atoms. The maximum atomic E-state index is 15.3. The van der Waals surface area contributed by atoms with Crippen LogP contribution in [0.25, 0.3) is 5.57 Å². The largest absolute Gasteiger partial charge is 0.364 e. The molecule has 2 heterocycles. The molecule has 3 aromatic rings. The van der Waals surface area contributed by atoms with Crippen LogP contribution in [-0.4, -0.2) is 39.0 Å². The van der Waals surface area contributed by atoms with Crippen LogP contribution in [0.1, 0.15) is 57.2 Å². The van der Waals surface area contributed by atoms with Crippen molar-refractivity contribution in [3.05, 3.63) is 107 Å². The van der Waals surface area contributed by atoms with E-state index in [1.54, 1.807) is 6.07 Å². The zero-order valence-electron chi connectivity index (χ0n) is 25.7. The number of aromatic nitrogens is 2. The van der Waals surface area contributed by atoms with Crippen LogP contribution in [0, 0.1) is 35.9 Å². The Morgan fingerprint density at radius 3 is 2.58 bits per heavy atom. The lowest BCUT2D eigenvalue weighted by molar-refractivity contribution is -0.0562. The lowest BCUT2D eigenvalue weighted by Gasteiger charge is -2.59. The SMILES string of the molecule is Cc1ccc(Nc2ncc(F)c(NC3CC(C)(C)N(C)C(C)(C)C3CC3c4ccc(-c5ccccc5)c3c4)n2)cc1C#N. The van der Waals surface area contributed by atoms with Crippen LogP contribution in [0.5, 0.6) is 0 Å². The molecule has 3 atom stereocenters. The maximum absolute atomic E-state index is 15.3. The Labute approximate surface area is 254 Å². The number of rotatable bonds is 7. The van der Waals surface area contributed by atoms with Crippen LogP contribution in [0.2, 0.25) is 0 Å². The predicted molar refractivity (Wildman–Crippen MR) is 171 cm³/mol. The second-order valence-corrected chi connectivity index (χ2v) is 13.2. The minimum absolute atomic E-state index is 0.0188. The van der Waals surface area contributed by atoms with Gasteiger partial charge in [0.05, 0.1) is 17.8 Å². The molecule has 7 heteroatoms.